The second-order valence-electron chi connectivity index (χ2n) is 4.11. The molecule has 2 N–H and O–H groups in total. The molecule has 0 aliphatic heterocycles. The van der Waals surface area contributed by atoms with Crippen molar-refractivity contribution in [1.29, 1.82) is 0 Å². The molecule has 0 spiro atoms. The number of methoxy groups -OCH3 is 1. The molecule has 1 rings (SSSR count). The maximum absolute atomic E-state index is 11.6. The van der Waals surface area contributed by atoms with Gasteiger partial charge >= 0.3 is 5.97 Å². The Kier molecular flexibility index (Phi) is 6.09. The van der Waals surface area contributed by atoms with Crippen LogP contribution in [0.2, 0.25) is 0 Å². The van der Waals surface area contributed by atoms with Crippen molar-refractivity contribution >= 4 is 34.3 Å². The van der Waals surface area contributed by atoms with Crippen LogP contribution in [0, 0.1) is 5.41 Å². The lowest BCUT2D eigenvalue weighted by atomic mass is 9.81. The summed E-state index contributed by atoms with van der Waals surface area (Å²) < 4.78 is 5.47. The van der Waals surface area contributed by atoms with E-state index in [1.165, 1.54) is 7.11 Å². The van der Waals surface area contributed by atoms with Crippen molar-refractivity contribution in [2.45, 2.75) is 19.9 Å². The van der Waals surface area contributed by atoms with Gasteiger partial charge in [-0.3, -0.25) is 4.79 Å². The van der Waals surface area contributed by atoms with Crippen LogP contribution in [0.15, 0.2) is 22.9 Å². The number of pyridine rings is 1. The van der Waals surface area contributed by atoms with Gasteiger partial charge in [0.1, 0.15) is 4.60 Å². The lowest BCUT2D eigenvalue weighted by molar-refractivity contribution is -0.152. The highest BCUT2D eigenvalue weighted by atomic mass is 79.9. The predicted molar refractivity (Wildman–Crippen MR) is 71.9 cm³/mol. The number of nitrogens with zero attached hydrogens (tertiary/aromatic N) is 1. The Balaban J connectivity index is 0.00000256. The third-order valence-electron chi connectivity index (χ3n) is 2.60. The molecule has 6 heteroatoms. The summed E-state index contributed by atoms with van der Waals surface area (Å²) in [6, 6.07) is 3.19. The second kappa shape index (κ2) is 6.33. The Morgan fingerprint density at radius 1 is 1.53 bits per heavy atom. The summed E-state index contributed by atoms with van der Waals surface area (Å²) in [6.07, 6.45) is 1.65. The molecule has 1 aromatic rings. The van der Waals surface area contributed by atoms with E-state index in [4.69, 9.17) is 10.5 Å². The number of nitrogens with two attached hydrogens (primary N) is 1. The molecule has 0 aliphatic rings. The lowest BCUT2D eigenvalue weighted by Gasteiger charge is -2.28. The number of hydrogen-bond donors (Lipinski definition) is 1. The maximum Gasteiger partial charge on any atom is 0.313 e. The molecule has 0 radical (unpaired) electrons. The summed E-state index contributed by atoms with van der Waals surface area (Å²) in [6.45, 7) is 3.51. The van der Waals surface area contributed by atoms with Crippen molar-refractivity contribution in [3.8, 4) is 0 Å². The number of aromatic nitrogens is 1. The van der Waals surface area contributed by atoms with Gasteiger partial charge in [-0.05, 0) is 41.4 Å². The Morgan fingerprint density at radius 3 is 2.53 bits per heavy atom. The van der Waals surface area contributed by atoms with Crippen LogP contribution in [0.4, 0.5) is 0 Å². The quantitative estimate of drug-likeness (QED) is 0.685. The summed E-state index contributed by atoms with van der Waals surface area (Å²) >= 11 is 3.24. The minimum Gasteiger partial charge on any atom is -0.469 e. The monoisotopic (exact) mass is 322 g/mol. The molecular formula is C11H16BrClN2O2. The summed E-state index contributed by atoms with van der Waals surface area (Å²) in [7, 11) is 1.36. The largest absolute Gasteiger partial charge is 0.469 e. The Labute approximate surface area is 115 Å². The van der Waals surface area contributed by atoms with Crippen LogP contribution in [-0.4, -0.2) is 18.1 Å². The molecule has 4 nitrogen and oxygen atoms in total. The van der Waals surface area contributed by atoms with Crippen molar-refractivity contribution < 1.29 is 9.53 Å². The van der Waals surface area contributed by atoms with E-state index in [0.29, 0.717) is 0 Å². The first-order valence-corrected chi connectivity index (χ1v) is 5.64. The van der Waals surface area contributed by atoms with Gasteiger partial charge in [-0.15, -0.1) is 12.4 Å². The molecule has 0 saturated carbocycles. The van der Waals surface area contributed by atoms with Crippen LogP contribution in [0.5, 0.6) is 0 Å². The van der Waals surface area contributed by atoms with Crippen LogP contribution < -0.4 is 5.73 Å². The summed E-state index contributed by atoms with van der Waals surface area (Å²) in [4.78, 5) is 15.7. The minimum absolute atomic E-state index is 0. The number of carbonyl (C=O) groups excluding carboxylic acids is 1. The molecule has 0 saturated heterocycles. The van der Waals surface area contributed by atoms with E-state index in [-0.39, 0.29) is 18.4 Å². The molecule has 0 bridgehead atoms. The van der Waals surface area contributed by atoms with Gasteiger partial charge in [0.15, 0.2) is 0 Å². The van der Waals surface area contributed by atoms with Crippen molar-refractivity contribution in [1.82, 2.24) is 4.98 Å². The van der Waals surface area contributed by atoms with Crippen molar-refractivity contribution in [3.05, 3.63) is 28.5 Å². The molecule has 0 fully saturated rings. The summed E-state index contributed by atoms with van der Waals surface area (Å²) in [5.74, 6) is -0.331. The van der Waals surface area contributed by atoms with E-state index in [1.54, 1.807) is 26.1 Å². The first-order valence-electron chi connectivity index (χ1n) is 4.85. The molecule has 0 amide bonds. The minimum atomic E-state index is -0.774. The Morgan fingerprint density at radius 2 is 2.12 bits per heavy atom. The molecule has 96 valence electrons. The topological polar surface area (TPSA) is 65.2 Å². The molecule has 1 aromatic heterocycles. The lowest BCUT2D eigenvalue weighted by Crippen LogP contribution is -2.37. The number of esters is 1. The van der Waals surface area contributed by atoms with Crippen LogP contribution >= 0.6 is 28.3 Å². The molecule has 17 heavy (non-hydrogen) atoms. The zero-order valence-corrected chi connectivity index (χ0v) is 12.3. The predicted octanol–water partition coefficient (Wildman–Crippen LogP) is 2.46. The zero-order chi connectivity index (χ0) is 12.3. The third-order valence-corrected chi connectivity index (χ3v) is 3.07. The average molecular weight is 324 g/mol. The Hall–Kier alpha value is -0.650. The summed E-state index contributed by atoms with van der Waals surface area (Å²) in [5.41, 5.74) is 6.07. The number of halogens is 2. The molecule has 0 aliphatic carbocycles. The van der Waals surface area contributed by atoms with Crippen LogP contribution in [-0.2, 0) is 9.53 Å². The standard InChI is InChI=1S/C11H15BrN2O2.ClH/c1-11(2,10(15)16-3)9(13)7-4-5-8(12)14-6-7;/h4-6,9H,13H2,1-3H3;1H/t9-;/m1./s1. The van der Waals surface area contributed by atoms with Gasteiger partial charge in [0.25, 0.3) is 0 Å². The second-order valence-corrected chi connectivity index (χ2v) is 4.92. The highest BCUT2D eigenvalue weighted by molar-refractivity contribution is 9.10. The number of hydrogen-bond acceptors (Lipinski definition) is 4. The van der Waals surface area contributed by atoms with E-state index < -0.39 is 11.5 Å². The SMILES string of the molecule is COC(=O)C(C)(C)[C@H](N)c1ccc(Br)nc1.Cl. The molecule has 1 heterocycles. The summed E-state index contributed by atoms with van der Waals surface area (Å²) in [5, 5.41) is 0. The maximum atomic E-state index is 11.6. The van der Waals surface area contributed by atoms with E-state index in [2.05, 4.69) is 20.9 Å². The normalized spacial score (nSPS) is 12.5. The van der Waals surface area contributed by atoms with Crippen molar-refractivity contribution in [2.75, 3.05) is 7.11 Å². The van der Waals surface area contributed by atoms with Crippen LogP contribution in [0.1, 0.15) is 25.5 Å². The fraction of sp³-hybridized carbons (Fsp3) is 0.455. The van der Waals surface area contributed by atoms with E-state index in [0.717, 1.165) is 10.2 Å². The van der Waals surface area contributed by atoms with Gasteiger partial charge in [0.2, 0.25) is 0 Å². The van der Waals surface area contributed by atoms with Crippen LogP contribution in [0.25, 0.3) is 0 Å². The number of ether oxygens (including phenoxy) is 1. The van der Waals surface area contributed by atoms with Gasteiger partial charge in [-0.2, -0.15) is 0 Å². The van der Waals surface area contributed by atoms with Gasteiger partial charge in [-0.1, -0.05) is 6.07 Å². The van der Waals surface area contributed by atoms with E-state index in [9.17, 15) is 4.79 Å². The van der Waals surface area contributed by atoms with E-state index in [1.807, 2.05) is 6.07 Å². The van der Waals surface area contributed by atoms with Gasteiger partial charge in [-0.25, -0.2) is 4.98 Å². The number of carbonyl (C=O) groups is 1. The highest BCUT2D eigenvalue weighted by Gasteiger charge is 2.36. The Bertz CT molecular complexity index is 382. The van der Waals surface area contributed by atoms with Crippen molar-refractivity contribution in [3.63, 3.8) is 0 Å². The first-order chi connectivity index (χ1) is 7.39. The molecular weight excluding hydrogens is 307 g/mol. The number of rotatable bonds is 3. The molecule has 1 atom stereocenters. The van der Waals surface area contributed by atoms with Gasteiger partial charge in [0.05, 0.1) is 12.5 Å². The fourth-order valence-corrected chi connectivity index (χ4v) is 1.61. The van der Waals surface area contributed by atoms with E-state index >= 15 is 0 Å². The van der Waals surface area contributed by atoms with Crippen LogP contribution in [0.3, 0.4) is 0 Å². The van der Waals surface area contributed by atoms with Gasteiger partial charge < -0.3 is 10.5 Å². The average Bonchev–Trinajstić information content (AvgIpc) is 2.28. The zero-order valence-electron chi connectivity index (χ0n) is 9.94. The third kappa shape index (κ3) is 3.66. The smallest absolute Gasteiger partial charge is 0.313 e. The molecule has 0 unspecified atom stereocenters. The van der Waals surface area contributed by atoms with Crippen molar-refractivity contribution in [2.24, 2.45) is 11.1 Å². The first kappa shape index (κ1) is 16.4. The van der Waals surface area contributed by atoms with Gasteiger partial charge in [0, 0.05) is 12.2 Å². The molecule has 0 aromatic carbocycles. The fourth-order valence-electron chi connectivity index (χ4n) is 1.38. The highest BCUT2D eigenvalue weighted by Crippen LogP contribution is 2.32.